The molecule has 2 aliphatic rings. The lowest BCUT2D eigenvalue weighted by Crippen LogP contribution is -2.23. The fourth-order valence-electron chi connectivity index (χ4n) is 4.52. The third kappa shape index (κ3) is 3.95. The van der Waals surface area contributed by atoms with E-state index in [1.165, 1.54) is 24.2 Å². The molecule has 2 aromatic carbocycles. The number of sulfone groups is 1. The summed E-state index contributed by atoms with van der Waals surface area (Å²) in [6.45, 7) is 1.91. The summed E-state index contributed by atoms with van der Waals surface area (Å²) in [4.78, 5) is 13.9. The van der Waals surface area contributed by atoms with Crippen LogP contribution in [0.2, 0.25) is 0 Å². The summed E-state index contributed by atoms with van der Waals surface area (Å²) in [5.41, 5.74) is 2.38. The maximum Gasteiger partial charge on any atom is 0.225 e. The number of benzene rings is 2. The Morgan fingerprint density at radius 3 is 2.56 bits per heavy atom. The van der Waals surface area contributed by atoms with E-state index in [1.54, 1.807) is 29.6 Å². The lowest BCUT2D eigenvalue weighted by Gasteiger charge is -2.24. The van der Waals surface area contributed by atoms with Gasteiger partial charge in [-0.3, -0.25) is 4.79 Å². The zero-order chi connectivity index (χ0) is 22.3. The normalized spacial score (nSPS) is 18.9. The molecule has 1 N–H and O–H groups in total. The van der Waals surface area contributed by atoms with Gasteiger partial charge in [-0.15, -0.1) is 11.3 Å². The van der Waals surface area contributed by atoms with Crippen LogP contribution in [0.3, 0.4) is 0 Å². The van der Waals surface area contributed by atoms with Gasteiger partial charge in [0.05, 0.1) is 16.7 Å². The summed E-state index contributed by atoms with van der Waals surface area (Å²) in [5.74, 6) is 0.437. The number of amides is 1. The number of hydrogen-bond acceptors (Lipinski definition) is 5. The van der Waals surface area contributed by atoms with E-state index < -0.39 is 9.84 Å². The number of anilines is 1. The van der Waals surface area contributed by atoms with Gasteiger partial charge in [0.2, 0.25) is 15.7 Å². The van der Waals surface area contributed by atoms with Crippen molar-refractivity contribution in [2.24, 2.45) is 0 Å². The summed E-state index contributed by atoms with van der Waals surface area (Å²) in [5, 5.41) is 4.48. The molecule has 1 amide bonds. The van der Waals surface area contributed by atoms with E-state index >= 15 is 0 Å². The second-order valence-electron chi connectivity index (χ2n) is 8.56. The minimum absolute atomic E-state index is 0.165. The van der Waals surface area contributed by atoms with Crippen LogP contribution >= 0.6 is 11.3 Å². The summed E-state index contributed by atoms with van der Waals surface area (Å²) in [7, 11) is -3.74. The molecule has 32 heavy (non-hydrogen) atoms. The van der Waals surface area contributed by atoms with Crippen LogP contribution in [0.4, 0.5) is 5.69 Å². The highest BCUT2D eigenvalue weighted by atomic mass is 32.2. The number of thiophene rings is 1. The molecule has 1 unspecified atom stereocenters. The molecule has 5 nitrogen and oxygen atoms in total. The lowest BCUT2D eigenvalue weighted by molar-refractivity contribution is -0.116. The van der Waals surface area contributed by atoms with Gasteiger partial charge in [-0.2, -0.15) is 0 Å². The van der Waals surface area contributed by atoms with Gasteiger partial charge >= 0.3 is 0 Å². The molecule has 1 atom stereocenters. The average molecular weight is 468 g/mol. The monoisotopic (exact) mass is 467 g/mol. The van der Waals surface area contributed by atoms with E-state index in [2.05, 4.69) is 5.32 Å². The summed E-state index contributed by atoms with van der Waals surface area (Å²) >= 11 is 1.39. The van der Waals surface area contributed by atoms with Crippen molar-refractivity contribution in [3.8, 4) is 5.75 Å². The third-order valence-corrected chi connectivity index (χ3v) is 9.28. The Kier molecular flexibility index (Phi) is 5.55. The first kappa shape index (κ1) is 21.2. The van der Waals surface area contributed by atoms with E-state index in [0.717, 1.165) is 34.6 Å². The van der Waals surface area contributed by atoms with E-state index in [0.29, 0.717) is 5.69 Å². The molecule has 1 aliphatic heterocycles. The molecular weight excluding hydrogens is 442 g/mol. The second kappa shape index (κ2) is 8.37. The van der Waals surface area contributed by atoms with Crippen LogP contribution in [-0.2, 0) is 14.6 Å². The summed E-state index contributed by atoms with van der Waals surface area (Å²) in [6.07, 6.45) is 5.08. The number of carbonyl (C=O) groups is 1. The first-order valence-electron chi connectivity index (χ1n) is 10.9. The number of rotatable bonds is 5. The van der Waals surface area contributed by atoms with Crippen molar-refractivity contribution in [3.63, 3.8) is 0 Å². The van der Waals surface area contributed by atoms with Gasteiger partial charge in [0.15, 0.2) is 0 Å². The Hall–Kier alpha value is -2.64. The zero-order valence-electron chi connectivity index (χ0n) is 17.8. The van der Waals surface area contributed by atoms with Crippen LogP contribution in [0, 0.1) is 6.92 Å². The first-order chi connectivity index (χ1) is 15.4. The molecule has 166 valence electrons. The van der Waals surface area contributed by atoms with Crippen molar-refractivity contribution < 1.29 is 17.9 Å². The van der Waals surface area contributed by atoms with E-state index in [9.17, 15) is 13.2 Å². The van der Waals surface area contributed by atoms with Crippen molar-refractivity contribution in [3.05, 3.63) is 69.9 Å². The minimum atomic E-state index is -3.74. The maximum absolute atomic E-state index is 13.3. The maximum atomic E-state index is 13.3. The fraction of sp³-hybridized carbons (Fsp3) is 0.320. The average Bonchev–Trinajstić information content (AvgIpc) is 3.44. The Bertz CT molecular complexity index is 1260. The van der Waals surface area contributed by atoms with Crippen LogP contribution in [0.15, 0.2) is 63.7 Å². The van der Waals surface area contributed by atoms with Crippen LogP contribution in [0.5, 0.6) is 5.75 Å². The van der Waals surface area contributed by atoms with Crippen LogP contribution in [-0.4, -0.2) is 20.4 Å². The van der Waals surface area contributed by atoms with Gasteiger partial charge in [0.1, 0.15) is 10.6 Å². The number of hydrogen-bond donors (Lipinski definition) is 1. The fourth-order valence-corrected chi connectivity index (χ4v) is 7.43. The molecule has 1 fully saturated rings. The van der Waals surface area contributed by atoms with Crippen molar-refractivity contribution in [2.45, 2.75) is 60.8 Å². The molecule has 0 bridgehead atoms. The topological polar surface area (TPSA) is 72.5 Å². The highest BCUT2D eigenvalue weighted by Gasteiger charge is 2.34. The van der Waals surface area contributed by atoms with E-state index in [-0.39, 0.29) is 34.1 Å². The van der Waals surface area contributed by atoms with Gasteiger partial charge in [-0.1, -0.05) is 29.8 Å². The molecule has 2 heterocycles. The number of aryl methyl sites for hydroxylation is 1. The first-order valence-corrected chi connectivity index (χ1v) is 13.3. The standard InChI is InChI=1S/C25H25NO4S2/c1-16-9-11-20(12-10-16)32(28,29)22-15-31-25-21(14-23(27)26-24(22)25)17-5-4-8-19(13-17)30-18-6-2-3-7-18/h4-5,8-13,15,18,21H,2-3,6-7,14H2,1H3,(H,26,27). The Balaban J connectivity index is 1.50. The van der Waals surface area contributed by atoms with Gasteiger partial charge in [-0.25, -0.2) is 8.42 Å². The Labute approximate surface area is 192 Å². The van der Waals surface area contributed by atoms with Crippen molar-refractivity contribution in [2.75, 3.05) is 5.32 Å². The molecule has 3 aromatic rings. The minimum Gasteiger partial charge on any atom is -0.490 e. The predicted molar refractivity (Wildman–Crippen MR) is 125 cm³/mol. The molecule has 0 radical (unpaired) electrons. The number of carbonyl (C=O) groups excluding carboxylic acids is 1. The Morgan fingerprint density at radius 1 is 1.06 bits per heavy atom. The predicted octanol–water partition coefficient (Wildman–Crippen LogP) is 5.68. The second-order valence-corrected chi connectivity index (χ2v) is 11.4. The van der Waals surface area contributed by atoms with E-state index in [1.807, 2.05) is 31.2 Å². The molecule has 7 heteroatoms. The Morgan fingerprint density at radius 2 is 1.81 bits per heavy atom. The van der Waals surface area contributed by atoms with Crippen molar-refractivity contribution >= 4 is 32.8 Å². The van der Waals surface area contributed by atoms with Gasteiger partial charge in [0, 0.05) is 22.6 Å². The number of fused-ring (bicyclic) bond motifs is 1. The van der Waals surface area contributed by atoms with Gasteiger partial charge < -0.3 is 10.1 Å². The van der Waals surface area contributed by atoms with Gasteiger partial charge in [-0.05, 0) is 62.4 Å². The highest BCUT2D eigenvalue weighted by Crippen LogP contribution is 2.46. The number of nitrogens with one attached hydrogen (secondary N) is 1. The van der Waals surface area contributed by atoms with E-state index in [4.69, 9.17) is 4.74 Å². The largest absolute Gasteiger partial charge is 0.490 e. The van der Waals surface area contributed by atoms with Crippen molar-refractivity contribution in [1.29, 1.82) is 0 Å². The summed E-state index contributed by atoms with van der Waals surface area (Å²) < 4.78 is 32.8. The molecule has 1 aliphatic carbocycles. The quantitative estimate of drug-likeness (QED) is 0.524. The molecule has 1 saturated carbocycles. The molecular formula is C25H25NO4S2. The number of ether oxygens (including phenoxy) is 1. The van der Waals surface area contributed by atoms with Crippen LogP contribution in [0.25, 0.3) is 0 Å². The van der Waals surface area contributed by atoms with Crippen LogP contribution in [0.1, 0.15) is 54.0 Å². The lowest BCUT2D eigenvalue weighted by atomic mass is 9.90. The summed E-state index contributed by atoms with van der Waals surface area (Å²) in [6, 6.07) is 14.7. The zero-order valence-corrected chi connectivity index (χ0v) is 19.5. The smallest absolute Gasteiger partial charge is 0.225 e. The molecule has 5 rings (SSSR count). The third-order valence-electron chi connectivity index (χ3n) is 6.24. The van der Waals surface area contributed by atoms with Crippen molar-refractivity contribution in [1.82, 2.24) is 0 Å². The SMILES string of the molecule is Cc1ccc(S(=O)(=O)c2csc3c2NC(=O)CC3c2cccc(OC3CCCC3)c2)cc1. The molecule has 1 aromatic heterocycles. The molecule has 0 spiro atoms. The van der Waals surface area contributed by atoms with Crippen LogP contribution < -0.4 is 10.1 Å². The molecule has 0 saturated heterocycles. The highest BCUT2D eigenvalue weighted by molar-refractivity contribution is 7.91. The van der Waals surface area contributed by atoms with Gasteiger partial charge in [0.25, 0.3) is 0 Å².